The molecule has 1 aromatic rings. The molecule has 0 saturated carbocycles. The van der Waals surface area contributed by atoms with Gasteiger partial charge in [-0.3, -0.25) is 0 Å². The van der Waals surface area contributed by atoms with Crippen LogP contribution in [0.1, 0.15) is 18.4 Å². The van der Waals surface area contributed by atoms with Crippen LogP contribution >= 0.6 is 0 Å². The first-order valence-electron chi connectivity index (χ1n) is 4.04. The quantitative estimate of drug-likeness (QED) is 0.657. The summed E-state index contributed by atoms with van der Waals surface area (Å²) < 4.78 is 26.4. The smallest absolute Gasteiger partial charge is 0.273 e. The van der Waals surface area contributed by atoms with Gasteiger partial charge in [0.15, 0.2) is 0 Å². The Morgan fingerprint density at radius 1 is 1.23 bits per heavy atom. The first-order valence-corrected chi connectivity index (χ1v) is 4.04. The zero-order chi connectivity index (χ0) is 9.73. The van der Waals surface area contributed by atoms with E-state index < -0.39 is 12.3 Å². The number of rotatable bonds is 4. The molecule has 3 heteroatoms. The van der Waals surface area contributed by atoms with Gasteiger partial charge < -0.3 is 4.79 Å². The van der Waals surface area contributed by atoms with Gasteiger partial charge in [0.1, 0.15) is 6.29 Å². The Bertz CT molecular complexity index is 270. The summed E-state index contributed by atoms with van der Waals surface area (Å²) in [5.74, 6) is -2.89. The molecule has 0 aromatic heterocycles. The van der Waals surface area contributed by atoms with Crippen molar-refractivity contribution in [2.45, 2.75) is 18.8 Å². The highest BCUT2D eigenvalue weighted by molar-refractivity contribution is 5.49. The molecule has 1 aromatic carbocycles. The Morgan fingerprint density at radius 2 is 1.85 bits per heavy atom. The summed E-state index contributed by atoms with van der Waals surface area (Å²) >= 11 is 0. The van der Waals surface area contributed by atoms with Crippen LogP contribution in [-0.2, 0) is 10.7 Å². The maximum atomic E-state index is 13.2. The monoisotopic (exact) mass is 184 g/mol. The molecule has 70 valence electrons. The molecule has 0 amide bonds. The summed E-state index contributed by atoms with van der Waals surface area (Å²) in [6.45, 7) is 0. The van der Waals surface area contributed by atoms with Gasteiger partial charge in [-0.2, -0.15) is 0 Å². The van der Waals surface area contributed by atoms with Crippen LogP contribution in [0.15, 0.2) is 30.3 Å². The maximum absolute atomic E-state index is 13.2. The highest BCUT2D eigenvalue weighted by atomic mass is 19.3. The van der Waals surface area contributed by atoms with Crippen LogP contribution in [0.4, 0.5) is 8.78 Å². The number of hydrogen-bond acceptors (Lipinski definition) is 1. The number of halogens is 2. The van der Waals surface area contributed by atoms with Crippen LogP contribution in [-0.4, -0.2) is 6.29 Å². The predicted molar refractivity (Wildman–Crippen MR) is 45.6 cm³/mol. The second-order valence-corrected chi connectivity index (χ2v) is 2.78. The molecule has 0 atom stereocenters. The highest BCUT2D eigenvalue weighted by Crippen LogP contribution is 2.31. The fraction of sp³-hybridized carbons (Fsp3) is 0.300. The zero-order valence-electron chi connectivity index (χ0n) is 7.04. The number of hydrogen-bond donors (Lipinski definition) is 0. The molecule has 1 rings (SSSR count). The third kappa shape index (κ3) is 2.61. The van der Waals surface area contributed by atoms with Crippen LogP contribution in [0.2, 0.25) is 0 Å². The number of carbonyl (C=O) groups is 1. The molecular formula is C10H10F2O. The third-order valence-corrected chi connectivity index (χ3v) is 1.77. The van der Waals surface area contributed by atoms with Crippen LogP contribution in [0.3, 0.4) is 0 Å². The van der Waals surface area contributed by atoms with E-state index >= 15 is 0 Å². The van der Waals surface area contributed by atoms with Crippen LogP contribution in [0.25, 0.3) is 0 Å². The number of alkyl halides is 2. The Balaban J connectivity index is 2.74. The SMILES string of the molecule is O=CCCC(F)(F)c1ccccc1. The normalized spacial score (nSPS) is 11.2. The van der Waals surface area contributed by atoms with Crippen molar-refractivity contribution >= 4 is 6.29 Å². The Morgan fingerprint density at radius 3 is 2.38 bits per heavy atom. The van der Waals surface area contributed by atoms with E-state index in [4.69, 9.17) is 0 Å². The molecule has 0 unspecified atom stereocenters. The van der Waals surface area contributed by atoms with Crippen LogP contribution in [0.5, 0.6) is 0 Å². The molecule has 0 N–H and O–H groups in total. The van der Waals surface area contributed by atoms with Gasteiger partial charge in [0.05, 0.1) is 0 Å². The van der Waals surface area contributed by atoms with Gasteiger partial charge in [0.25, 0.3) is 5.92 Å². The standard InChI is InChI=1S/C10H10F2O/c11-10(12,7-4-8-13)9-5-2-1-3-6-9/h1-3,5-6,8H,4,7H2. The van der Waals surface area contributed by atoms with Crippen molar-refractivity contribution in [1.29, 1.82) is 0 Å². The largest absolute Gasteiger partial charge is 0.303 e. The molecule has 0 radical (unpaired) electrons. The zero-order valence-corrected chi connectivity index (χ0v) is 7.04. The van der Waals surface area contributed by atoms with E-state index in [1.807, 2.05) is 0 Å². The van der Waals surface area contributed by atoms with E-state index in [9.17, 15) is 13.6 Å². The second-order valence-electron chi connectivity index (χ2n) is 2.78. The van der Waals surface area contributed by atoms with Crippen LogP contribution < -0.4 is 0 Å². The minimum absolute atomic E-state index is 0.0307. The fourth-order valence-electron chi connectivity index (χ4n) is 1.07. The van der Waals surface area contributed by atoms with Gasteiger partial charge in [0, 0.05) is 18.4 Å². The van der Waals surface area contributed by atoms with Crippen molar-refractivity contribution in [1.82, 2.24) is 0 Å². The summed E-state index contributed by atoms with van der Waals surface area (Å²) in [6, 6.07) is 7.53. The summed E-state index contributed by atoms with van der Waals surface area (Å²) in [5, 5.41) is 0. The number of carbonyl (C=O) groups excluding carboxylic acids is 1. The van der Waals surface area contributed by atoms with Gasteiger partial charge in [0.2, 0.25) is 0 Å². The minimum Gasteiger partial charge on any atom is -0.303 e. The van der Waals surface area contributed by atoms with E-state index in [2.05, 4.69) is 0 Å². The maximum Gasteiger partial charge on any atom is 0.273 e. The lowest BCUT2D eigenvalue weighted by Crippen LogP contribution is -2.12. The lowest BCUT2D eigenvalue weighted by molar-refractivity contribution is -0.110. The topological polar surface area (TPSA) is 17.1 Å². The van der Waals surface area contributed by atoms with Crippen molar-refractivity contribution in [3.05, 3.63) is 35.9 Å². The molecule has 0 aliphatic heterocycles. The predicted octanol–water partition coefficient (Wildman–Crippen LogP) is 2.76. The van der Waals surface area contributed by atoms with Crippen molar-refractivity contribution in [2.75, 3.05) is 0 Å². The average molecular weight is 184 g/mol. The van der Waals surface area contributed by atoms with Crippen molar-refractivity contribution in [2.24, 2.45) is 0 Å². The van der Waals surface area contributed by atoms with Gasteiger partial charge in [-0.05, 0) is 0 Å². The van der Waals surface area contributed by atoms with Crippen molar-refractivity contribution in [3.8, 4) is 0 Å². The molecular weight excluding hydrogens is 174 g/mol. The number of benzene rings is 1. The minimum atomic E-state index is -2.89. The Kier molecular flexibility index (Phi) is 3.12. The second kappa shape index (κ2) is 4.12. The molecule has 0 saturated heterocycles. The molecule has 0 fully saturated rings. The van der Waals surface area contributed by atoms with Crippen LogP contribution in [0, 0.1) is 0 Å². The lowest BCUT2D eigenvalue weighted by atomic mass is 10.0. The fourth-order valence-corrected chi connectivity index (χ4v) is 1.07. The summed E-state index contributed by atoms with van der Waals surface area (Å²) in [7, 11) is 0. The first-order chi connectivity index (χ1) is 6.17. The van der Waals surface area contributed by atoms with E-state index in [-0.39, 0.29) is 12.0 Å². The van der Waals surface area contributed by atoms with E-state index in [0.29, 0.717) is 6.29 Å². The van der Waals surface area contributed by atoms with E-state index in [0.717, 1.165) is 0 Å². The molecule has 1 nitrogen and oxygen atoms in total. The Labute approximate surface area is 75.4 Å². The summed E-state index contributed by atoms with van der Waals surface area (Å²) in [4.78, 5) is 9.95. The van der Waals surface area contributed by atoms with E-state index in [1.54, 1.807) is 18.2 Å². The highest BCUT2D eigenvalue weighted by Gasteiger charge is 2.30. The molecule has 0 bridgehead atoms. The molecule has 0 aliphatic rings. The first kappa shape index (κ1) is 9.84. The van der Waals surface area contributed by atoms with Gasteiger partial charge in [-0.15, -0.1) is 0 Å². The van der Waals surface area contributed by atoms with Crippen molar-refractivity contribution in [3.63, 3.8) is 0 Å². The molecule has 13 heavy (non-hydrogen) atoms. The number of aldehydes is 1. The third-order valence-electron chi connectivity index (χ3n) is 1.77. The molecule has 0 heterocycles. The Hall–Kier alpha value is -1.25. The lowest BCUT2D eigenvalue weighted by Gasteiger charge is -2.14. The average Bonchev–Trinajstić information content (AvgIpc) is 2.16. The van der Waals surface area contributed by atoms with Gasteiger partial charge in [-0.1, -0.05) is 30.3 Å². The molecule has 0 aliphatic carbocycles. The summed E-state index contributed by atoms with van der Waals surface area (Å²) in [6.07, 6.45) is -0.0146. The summed E-state index contributed by atoms with van der Waals surface area (Å²) in [5.41, 5.74) is -0.0307. The molecule has 0 spiro atoms. The van der Waals surface area contributed by atoms with Gasteiger partial charge in [-0.25, -0.2) is 8.78 Å². The van der Waals surface area contributed by atoms with Crippen molar-refractivity contribution < 1.29 is 13.6 Å². The van der Waals surface area contributed by atoms with E-state index in [1.165, 1.54) is 12.1 Å². The van der Waals surface area contributed by atoms with Gasteiger partial charge >= 0.3 is 0 Å².